The second-order valence-corrected chi connectivity index (χ2v) is 6.55. The van der Waals surface area contributed by atoms with Crippen molar-refractivity contribution in [3.63, 3.8) is 0 Å². The van der Waals surface area contributed by atoms with E-state index in [1.165, 1.54) is 77.2 Å². The molecular formula is C15H27N. The molecule has 0 aromatic carbocycles. The van der Waals surface area contributed by atoms with Gasteiger partial charge in [-0.15, -0.1) is 0 Å². The lowest BCUT2D eigenvalue weighted by atomic mass is 9.57. The highest BCUT2D eigenvalue weighted by Gasteiger charge is 2.46. The summed E-state index contributed by atoms with van der Waals surface area (Å²) in [4.78, 5) is 0. The summed E-state index contributed by atoms with van der Waals surface area (Å²) in [7, 11) is 0. The quantitative estimate of drug-likeness (QED) is 0.695. The van der Waals surface area contributed by atoms with Gasteiger partial charge in [-0.3, -0.25) is 0 Å². The van der Waals surface area contributed by atoms with Crippen LogP contribution >= 0.6 is 0 Å². The molecule has 0 heterocycles. The lowest BCUT2D eigenvalue weighted by Gasteiger charge is -2.52. The molecule has 0 aromatic rings. The van der Waals surface area contributed by atoms with E-state index in [2.05, 4.69) is 5.32 Å². The highest BCUT2D eigenvalue weighted by atomic mass is 15.0. The molecular weight excluding hydrogens is 194 g/mol. The van der Waals surface area contributed by atoms with Crippen LogP contribution in [0, 0.1) is 11.3 Å². The van der Waals surface area contributed by atoms with Gasteiger partial charge in [0.25, 0.3) is 0 Å². The Hall–Kier alpha value is -0.0400. The minimum absolute atomic E-state index is 0.762. The minimum atomic E-state index is 0.762. The third-order valence-electron chi connectivity index (χ3n) is 5.40. The van der Waals surface area contributed by atoms with Gasteiger partial charge in [-0.05, 0) is 56.4 Å². The molecule has 1 spiro atoms. The maximum atomic E-state index is 3.86. The van der Waals surface area contributed by atoms with Crippen LogP contribution in [0.3, 0.4) is 0 Å². The first-order valence-electron chi connectivity index (χ1n) is 7.62. The summed E-state index contributed by atoms with van der Waals surface area (Å²) in [6.07, 6.45) is 16.5. The van der Waals surface area contributed by atoms with E-state index in [1.807, 2.05) is 0 Å². The van der Waals surface area contributed by atoms with Crippen molar-refractivity contribution in [3.05, 3.63) is 0 Å². The maximum Gasteiger partial charge on any atom is 0.0124 e. The molecule has 0 saturated heterocycles. The van der Waals surface area contributed by atoms with Gasteiger partial charge < -0.3 is 5.32 Å². The second-order valence-electron chi connectivity index (χ2n) is 6.55. The van der Waals surface area contributed by atoms with Crippen molar-refractivity contribution in [2.75, 3.05) is 6.54 Å². The zero-order valence-corrected chi connectivity index (χ0v) is 10.6. The molecule has 3 aliphatic rings. The summed E-state index contributed by atoms with van der Waals surface area (Å²) < 4.78 is 0. The van der Waals surface area contributed by atoms with E-state index >= 15 is 0 Å². The van der Waals surface area contributed by atoms with E-state index in [-0.39, 0.29) is 0 Å². The van der Waals surface area contributed by atoms with Gasteiger partial charge in [-0.2, -0.15) is 0 Å². The highest BCUT2D eigenvalue weighted by molar-refractivity contribution is 5.01. The molecule has 1 N–H and O–H groups in total. The first-order valence-corrected chi connectivity index (χ1v) is 7.62. The molecule has 92 valence electrons. The molecule has 1 unspecified atom stereocenters. The van der Waals surface area contributed by atoms with Crippen LogP contribution in [0.4, 0.5) is 0 Å². The molecule has 3 rings (SSSR count). The Bertz CT molecular complexity index is 226. The summed E-state index contributed by atoms with van der Waals surface area (Å²) in [5.74, 6) is 1.12. The van der Waals surface area contributed by atoms with Gasteiger partial charge in [0, 0.05) is 6.04 Å². The molecule has 0 radical (unpaired) electrons. The molecule has 1 atom stereocenters. The van der Waals surface area contributed by atoms with Crippen molar-refractivity contribution in [2.45, 2.75) is 76.7 Å². The first-order chi connectivity index (χ1) is 7.89. The normalized spacial score (nSPS) is 32.6. The molecule has 3 aliphatic carbocycles. The lowest BCUT2D eigenvalue weighted by Crippen LogP contribution is -2.54. The molecule has 0 bridgehead atoms. The van der Waals surface area contributed by atoms with Gasteiger partial charge >= 0.3 is 0 Å². The average molecular weight is 221 g/mol. The monoisotopic (exact) mass is 221 g/mol. The van der Waals surface area contributed by atoms with E-state index in [1.54, 1.807) is 0 Å². The van der Waals surface area contributed by atoms with Crippen LogP contribution in [0.2, 0.25) is 0 Å². The van der Waals surface area contributed by atoms with E-state index < -0.39 is 0 Å². The molecule has 3 saturated carbocycles. The minimum Gasteiger partial charge on any atom is -0.313 e. The fourth-order valence-corrected chi connectivity index (χ4v) is 3.94. The van der Waals surface area contributed by atoms with E-state index in [4.69, 9.17) is 0 Å². The van der Waals surface area contributed by atoms with Crippen LogP contribution in [-0.4, -0.2) is 12.6 Å². The Morgan fingerprint density at radius 2 is 1.75 bits per heavy atom. The molecule has 0 amide bonds. The fourth-order valence-electron chi connectivity index (χ4n) is 3.94. The molecule has 16 heavy (non-hydrogen) atoms. The van der Waals surface area contributed by atoms with Crippen molar-refractivity contribution in [2.24, 2.45) is 11.3 Å². The van der Waals surface area contributed by atoms with E-state index in [0.717, 1.165) is 17.4 Å². The Morgan fingerprint density at radius 1 is 0.938 bits per heavy atom. The highest BCUT2D eigenvalue weighted by Crippen LogP contribution is 2.51. The van der Waals surface area contributed by atoms with Gasteiger partial charge in [-0.25, -0.2) is 0 Å². The summed E-state index contributed by atoms with van der Waals surface area (Å²) in [5.41, 5.74) is 0.762. The van der Waals surface area contributed by atoms with Crippen molar-refractivity contribution in [3.8, 4) is 0 Å². The van der Waals surface area contributed by atoms with Crippen molar-refractivity contribution in [1.29, 1.82) is 0 Å². The Balaban J connectivity index is 1.37. The van der Waals surface area contributed by atoms with Gasteiger partial charge in [-0.1, -0.05) is 32.1 Å². The van der Waals surface area contributed by atoms with E-state index in [0.29, 0.717) is 0 Å². The third-order valence-corrected chi connectivity index (χ3v) is 5.40. The molecule has 1 nitrogen and oxygen atoms in total. The maximum absolute atomic E-state index is 3.86. The predicted molar refractivity (Wildman–Crippen MR) is 68.5 cm³/mol. The van der Waals surface area contributed by atoms with Crippen LogP contribution in [-0.2, 0) is 0 Å². The van der Waals surface area contributed by atoms with E-state index in [9.17, 15) is 0 Å². The van der Waals surface area contributed by atoms with Crippen LogP contribution < -0.4 is 5.32 Å². The summed E-state index contributed by atoms with van der Waals surface area (Å²) in [5, 5.41) is 3.86. The lowest BCUT2D eigenvalue weighted by molar-refractivity contribution is 0.0231. The average Bonchev–Trinajstić information content (AvgIpc) is 3.12. The standard InChI is InChI=1S/C15H27N/c1-2-9-15(10-3-1)11-8-14(15)16-12-4-5-13-6-7-13/h13-14,16H,1-12H2. The zero-order valence-electron chi connectivity index (χ0n) is 10.6. The third kappa shape index (κ3) is 2.30. The van der Waals surface area contributed by atoms with Gasteiger partial charge in [0.15, 0.2) is 0 Å². The Kier molecular flexibility index (Phi) is 3.24. The van der Waals surface area contributed by atoms with Crippen LogP contribution in [0.1, 0.15) is 70.6 Å². The van der Waals surface area contributed by atoms with Gasteiger partial charge in [0.2, 0.25) is 0 Å². The smallest absolute Gasteiger partial charge is 0.0124 e. The van der Waals surface area contributed by atoms with Gasteiger partial charge in [0.05, 0.1) is 0 Å². The van der Waals surface area contributed by atoms with Crippen LogP contribution in [0.5, 0.6) is 0 Å². The van der Waals surface area contributed by atoms with Crippen LogP contribution in [0.25, 0.3) is 0 Å². The largest absolute Gasteiger partial charge is 0.313 e. The first kappa shape index (κ1) is 11.1. The van der Waals surface area contributed by atoms with Crippen molar-refractivity contribution in [1.82, 2.24) is 5.32 Å². The fraction of sp³-hybridized carbons (Fsp3) is 1.00. The Morgan fingerprint density at radius 3 is 2.38 bits per heavy atom. The molecule has 1 heteroatoms. The number of rotatable bonds is 5. The molecule has 0 aliphatic heterocycles. The summed E-state index contributed by atoms with van der Waals surface area (Å²) >= 11 is 0. The summed E-state index contributed by atoms with van der Waals surface area (Å²) in [6, 6.07) is 0.895. The topological polar surface area (TPSA) is 12.0 Å². The number of hydrogen-bond donors (Lipinski definition) is 1. The van der Waals surface area contributed by atoms with Crippen molar-refractivity contribution >= 4 is 0 Å². The number of hydrogen-bond acceptors (Lipinski definition) is 1. The Labute approximate surface area is 100 Å². The second kappa shape index (κ2) is 4.68. The van der Waals surface area contributed by atoms with Crippen molar-refractivity contribution < 1.29 is 0 Å². The molecule has 0 aromatic heterocycles. The predicted octanol–water partition coefficient (Wildman–Crippen LogP) is 3.88. The van der Waals surface area contributed by atoms with Gasteiger partial charge in [0.1, 0.15) is 0 Å². The number of nitrogens with one attached hydrogen (secondary N) is 1. The van der Waals surface area contributed by atoms with Crippen LogP contribution in [0.15, 0.2) is 0 Å². The zero-order chi connectivity index (χ0) is 10.8. The summed E-state index contributed by atoms with van der Waals surface area (Å²) in [6.45, 7) is 1.29. The SMILES string of the molecule is C1CCC2(CC1)CCC2NCCCC1CC1. The molecule has 3 fully saturated rings.